The molecule has 0 aromatic carbocycles. The fourth-order valence-electron chi connectivity index (χ4n) is 0.795. The number of rotatable bonds is 1. The number of pyridine rings is 1. The van der Waals surface area contributed by atoms with Gasteiger partial charge in [0.25, 0.3) is 5.69 Å². The molecule has 1 aromatic rings. The fourth-order valence-corrected chi connectivity index (χ4v) is 1.25. The van der Waals surface area contributed by atoms with Crippen LogP contribution in [0.2, 0.25) is 0 Å². The van der Waals surface area contributed by atoms with Crippen molar-refractivity contribution in [2.75, 3.05) is 0 Å². The number of nitrogens with zero attached hydrogens (tertiary/aromatic N) is 2. The first-order chi connectivity index (χ1) is 6.32. The Bertz CT molecular complexity index is 380. The third-order valence-corrected chi connectivity index (χ3v) is 1.94. The molecule has 1 aromatic heterocycles. The zero-order valence-electron chi connectivity index (χ0n) is 6.38. The first kappa shape index (κ1) is 11.1. The van der Waals surface area contributed by atoms with Crippen LogP contribution in [0.4, 0.5) is 18.9 Å². The van der Waals surface area contributed by atoms with Crippen molar-refractivity contribution < 1.29 is 18.1 Å². The molecule has 0 aliphatic carbocycles. The number of hydrogen-bond donors (Lipinski definition) is 0. The van der Waals surface area contributed by atoms with E-state index in [1.807, 2.05) is 0 Å². The van der Waals surface area contributed by atoms with Crippen molar-refractivity contribution in [2.45, 2.75) is 6.18 Å². The molecule has 0 radical (unpaired) electrons. The van der Waals surface area contributed by atoms with Crippen LogP contribution in [0.3, 0.4) is 0 Å². The molecule has 0 aliphatic rings. The number of alkyl halides is 3. The highest BCUT2D eigenvalue weighted by atomic mass is 127. The van der Waals surface area contributed by atoms with E-state index in [-0.39, 0.29) is 3.70 Å². The summed E-state index contributed by atoms with van der Waals surface area (Å²) in [5.41, 5.74) is -2.31. The van der Waals surface area contributed by atoms with E-state index >= 15 is 0 Å². The minimum Gasteiger partial charge on any atom is -0.258 e. The van der Waals surface area contributed by atoms with Crippen molar-refractivity contribution in [1.29, 1.82) is 0 Å². The molecular weight excluding hydrogens is 316 g/mol. The van der Waals surface area contributed by atoms with E-state index in [2.05, 4.69) is 4.98 Å². The molecule has 8 heteroatoms. The van der Waals surface area contributed by atoms with E-state index in [9.17, 15) is 23.3 Å². The number of halogens is 4. The Morgan fingerprint density at radius 2 is 2.07 bits per heavy atom. The van der Waals surface area contributed by atoms with Crippen LogP contribution in [0.25, 0.3) is 0 Å². The van der Waals surface area contributed by atoms with Crippen LogP contribution in [0.1, 0.15) is 5.56 Å². The van der Waals surface area contributed by atoms with E-state index in [0.717, 1.165) is 0 Å². The van der Waals surface area contributed by atoms with Crippen LogP contribution >= 0.6 is 22.6 Å². The first-order valence-corrected chi connectivity index (χ1v) is 4.27. The lowest BCUT2D eigenvalue weighted by Crippen LogP contribution is -2.09. The van der Waals surface area contributed by atoms with Gasteiger partial charge in [0.1, 0.15) is 15.5 Å². The van der Waals surface area contributed by atoms with Gasteiger partial charge in [0.05, 0.1) is 4.92 Å². The van der Waals surface area contributed by atoms with Crippen molar-refractivity contribution in [2.24, 2.45) is 0 Å². The largest absolute Gasteiger partial charge is 0.423 e. The second kappa shape index (κ2) is 3.67. The van der Waals surface area contributed by atoms with Crippen molar-refractivity contribution in [3.63, 3.8) is 0 Å². The van der Waals surface area contributed by atoms with Crippen LogP contribution in [0.15, 0.2) is 12.3 Å². The maximum atomic E-state index is 12.3. The molecule has 1 rings (SSSR count). The molecule has 0 fully saturated rings. The Labute approximate surface area is 89.4 Å². The van der Waals surface area contributed by atoms with Crippen LogP contribution in [-0.4, -0.2) is 9.91 Å². The third kappa shape index (κ3) is 2.30. The monoisotopic (exact) mass is 318 g/mol. The summed E-state index contributed by atoms with van der Waals surface area (Å²) in [7, 11) is 0. The minimum atomic E-state index is -4.73. The zero-order valence-corrected chi connectivity index (χ0v) is 8.53. The van der Waals surface area contributed by atoms with Gasteiger partial charge in [-0.05, 0) is 28.7 Å². The van der Waals surface area contributed by atoms with Gasteiger partial charge in [-0.2, -0.15) is 13.2 Å². The molecular formula is C6H2F3IN2O2. The second-order valence-corrected chi connectivity index (χ2v) is 3.38. The molecule has 4 nitrogen and oxygen atoms in total. The maximum absolute atomic E-state index is 12.3. The van der Waals surface area contributed by atoms with Crippen LogP contribution in [-0.2, 0) is 6.18 Å². The normalized spacial score (nSPS) is 11.4. The zero-order chi connectivity index (χ0) is 10.9. The van der Waals surface area contributed by atoms with Gasteiger partial charge in [-0.3, -0.25) is 10.1 Å². The molecule has 0 bridgehead atoms. The molecule has 0 N–H and O–H groups in total. The SMILES string of the molecule is O=[N+]([O-])c1cnc(I)cc1C(F)(F)F. The van der Waals surface area contributed by atoms with Crippen LogP contribution in [0, 0.1) is 13.8 Å². The molecule has 0 unspecified atom stereocenters. The van der Waals surface area contributed by atoms with Gasteiger partial charge in [0.15, 0.2) is 0 Å². The molecule has 0 spiro atoms. The summed E-state index contributed by atoms with van der Waals surface area (Å²) in [6.07, 6.45) is -4.13. The Morgan fingerprint density at radius 1 is 1.50 bits per heavy atom. The lowest BCUT2D eigenvalue weighted by molar-refractivity contribution is -0.388. The van der Waals surface area contributed by atoms with E-state index in [1.54, 1.807) is 22.6 Å². The molecule has 1 heterocycles. The predicted molar refractivity (Wildman–Crippen MR) is 48.6 cm³/mol. The lowest BCUT2D eigenvalue weighted by Gasteiger charge is -2.06. The maximum Gasteiger partial charge on any atom is 0.423 e. The Balaban J connectivity index is 3.38. The average molecular weight is 318 g/mol. The van der Waals surface area contributed by atoms with Gasteiger partial charge < -0.3 is 0 Å². The average Bonchev–Trinajstić information content (AvgIpc) is 2.01. The summed E-state index contributed by atoms with van der Waals surface area (Å²) in [5.74, 6) is 0. The van der Waals surface area contributed by atoms with E-state index < -0.39 is 22.4 Å². The third-order valence-electron chi connectivity index (χ3n) is 1.35. The van der Waals surface area contributed by atoms with Gasteiger partial charge in [0, 0.05) is 0 Å². The van der Waals surface area contributed by atoms with Crippen LogP contribution in [0.5, 0.6) is 0 Å². The Hall–Kier alpha value is -0.930. The summed E-state index contributed by atoms with van der Waals surface area (Å²) < 4.78 is 36.8. The Kier molecular flexibility index (Phi) is 2.92. The fraction of sp³-hybridized carbons (Fsp3) is 0.167. The van der Waals surface area contributed by atoms with Gasteiger partial charge in [-0.15, -0.1) is 0 Å². The van der Waals surface area contributed by atoms with Crippen molar-refractivity contribution in [3.8, 4) is 0 Å². The molecule has 0 atom stereocenters. The molecule has 0 amide bonds. The standard InChI is InChI=1S/C6H2F3IN2O2/c7-6(8,9)3-1-5(10)11-2-4(3)12(13)14/h1-2H. The minimum absolute atomic E-state index is 0.0560. The molecule has 14 heavy (non-hydrogen) atoms. The summed E-state index contributed by atoms with van der Waals surface area (Å²) in [5, 5.41) is 10.2. The molecule has 0 saturated carbocycles. The number of nitro groups is 1. The van der Waals surface area contributed by atoms with E-state index in [1.165, 1.54) is 0 Å². The first-order valence-electron chi connectivity index (χ1n) is 3.19. The van der Waals surface area contributed by atoms with Crippen LogP contribution < -0.4 is 0 Å². The Morgan fingerprint density at radius 3 is 2.50 bits per heavy atom. The van der Waals surface area contributed by atoms with Crippen molar-refractivity contribution in [1.82, 2.24) is 4.98 Å². The van der Waals surface area contributed by atoms with Gasteiger partial charge in [-0.1, -0.05) is 0 Å². The van der Waals surface area contributed by atoms with Gasteiger partial charge in [-0.25, -0.2) is 4.98 Å². The highest BCUT2D eigenvalue weighted by molar-refractivity contribution is 14.1. The number of aromatic nitrogens is 1. The summed E-state index contributed by atoms with van der Waals surface area (Å²) in [4.78, 5) is 12.6. The lowest BCUT2D eigenvalue weighted by atomic mass is 10.2. The quantitative estimate of drug-likeness (QED) is 0.346. The molecule has 0 aliphatic heterocycles. The van der Waals surface area contributed by atoms with Crippen molar-refractivity contribution in [3.05, 3.63) is 31.6 Å². The van der Waals surface area contributed by atoms with Gasteiger partial charge in [0.2, 0.25) is 0 Å². The highest BCUT2D eigenvalue weighted by Crippen LogP contribution is 2.35. The predicted octanol–water partition coefficient (Wildman–Crippen LogP) is 2.61. The van der Waals surface area contributed by atoms with Gasteiger partial charge >= 0.3 is 6.18 Å². The van der Waals surface area contributed by atoms with Crippen molar-refractivity contribution >= 4 is 28.3 Å². The topological polar surface area (TPSA) is 56.0 Å². The van der Waals surface area contributed by atoms with E-state index in [0.29, 0.717) is 12.3 Å². The molecule has 76 valence electrons. The summed E-state index contributed by atoms with van der Waals surface area (Å²) >= 11 is 1.55. The summed E-state index contributed by atoms with van der Waals surface area (Å²) in [6.45, 7) is 0. The second-order valence-electron chi connectivity index (χ2n) is 2.28. The summed E-state index contributed by atoms with van der Waals surface area (Å²) in [6, 6.07) is 0.638. The number of hydrogen-bond acceptors (Lipinski definition) is 3. The highest BCUT2D eigenvalue weighted by Gasteiger charge is 2.38. The smallest absolute Gasteiger partial charge is 0.258 e. The van der Waals surface area contributed by atoms with E-state index in [4.69, 9.17) is 0 Å². The molecule has 0 saturated heterocycles.